The molecule has 8 nitrogen and oxygen atoms in total. The van der Waals surface area contributed by atoms with Gasteiger partial charge >= 0.3 is 5.97 Å². The number of carbonyl (C=O) groups excluding carboxylic acids is 1. The fourth-order valence-electron chi connectivity index (χ4n) is 1.52. The first kappa shape index (κ1) is 19.1. The molecule has 0 atom stereocenters. The average Bonchev–Trinajstić information content (AvgIpc) is 2.61. The zero-order chi connectivity index (χ0) is 17.9. The van der Waals surface area contributed by atoms with E-state index < -0.39 is 5.97 Å². The quantitative estimate of drug-likeness (QED) is 0.238. The normalized spacial score (nSPS) is 12.6. The van der Waals surface area contributed by atoms with Crippen LogP contribution in [0.15, 0.2) is 34.9 Å². The van der Waals surface area contributed by atoms with Crippen molar-refractivity contribution in [2.75, 3.05) is 20.8 Å². The van der Waals surface area contributed by atoms with E-state index in [1.165, 1.54) is 26.7 Å². The summed E-state index contributed by atoms with van der Waals surface area (Å²) in [5.74, 6) is -0.445. The second-order valence-electron chi connectivity index (χ2n) is 4.48. The van der Waals surface area contributed by atoms with Crippen LogP contribution in [0.2, 0.25) is 0 Å². The summed E-state index contributed by atoms with van der Waals surface area (Å²) in [6.45, 7) is 5.74. The van der Waals surface area contributed by atoms with E-state index in [4.69, 9.17) is 19.1 Å². The lowest BCUT2D eigenvalue weighted by Gasteiger charge is -2.09. The van der Waals surface area contributed by atoms with Gasteiger partial charge in [-0.25, -0.2) is 9.78 Å². The van der Waals surface area contributed by atoms with E-state index in [1.54, 1.807) is 26.0 Å². The maximum Gasteiger partial charge on any atom is 0.341 e. The fraction of sp³-hybridized carbons (Fsp3) is 0.375. The number of pyridine rings is 1. The topological polar surface area (TPSA) is 91.6 Å². The summed E-state index contributed by atoms with van der Waals surface area (Å²) >= 11 is 0. The number of hydrogen-bond donors (Lipinski definition) is 0. The van der Waals surface area contributed by atoms with Crippen molar-refractivity contribution in [3.05, 3.63) is 30.2 Å². The van der Waals surface area contributed by atoms with Gasteiger partial charge in [0.15, 0.2) is 0 Å². The lowest BCUT2D eigenvalue weighted by atomic mass is 10.1. The van der Waals surface area contributed by atoms with Gasteiger partial charge in [0.25, 0.3) is 5.88 Å². The molecule has 0 aromatic carbocycles. The first-order valence-electron chi connectivity index (χ1n) is 7.20. The van der Waals surface area contributed by atoms with Gasteiger partial charge in [0.2, 0.25) is 0 Å². The summed E-state index contributed by atoms with van der Waals surface area (Å²) in [5.41, 5.74) is 1.63. The Labute approximate surface area is 140 Å². The van der Waals surface area contributed by atoms with Gasteiger partial charge in [0, 0.05) is 6.20 Å². The first-order valence-corrected chi connectivity index (χ1v) is 7.20. The van der Waals surface area contributed by atoms with Gasteiger partial charge in [0.05, 0.1) is 26.0 Å². The van der Waals surface area contributed by atoms with Crippen LogP contribution in [-0.2, 0) is 19.1 Å². The molecule has 0 aliphatic heterocycles. The lowest BCUT2D eigenvalue weighted by Crippen LogP contribution is -2.10. The molecular weight excluding hydrogens is 314 g/mol. The van der Waals surface area contributed by atoms with Crippen LogP contribution in [0.3, 0.4) is 0 Å². The van der Waals surface area contributed by atoms with Crippen molar-refractivity contribution < 1.29 is 23.9 Å². The third-order valence-corrected chi connectivity index (χ3v) is 2.83. The van der Waals surface area contributed by atoms with Gasteiger partial charge in [-0.3, -0.25) is 0 Å². The molecule has 0 saturated carbocycles. The molecule has 0 N–H and O–H groups in total. The molecule has 1 aromatic heterocycles. The van der Waals surface area contributed by atoms with Crippen molar-refractivity contribution in [2.24, 2.45) is 10.3 Å². The third kappa shape index (κ3) is 5.38. The van der Waals surface area contributed by atoms with Crippen molar-refractivity contribution in [3.8, 4) is 5.88 Å². The van der Waals surface area contributed by atoms with Crippen LogP contribution in [0.1, 0.15) is 26.3 Å². The van der Waals surface area contributed by atoms with E-state index in [9.17, 15) is 4.79 Å². The molecule has 1 heterocycles. The molecule has 24 heavy (non-hydrogen) atoms. The minimum absolute atomic E-state index is 0.134. The summed E-state index contributed by atoms with van der Waals surface area (Å²) in [6, 6.07) is 3.31. The second kappa shape index (κ2) is 9.98. The largest absolute Gasteiger partial charge is 0.503 e. The van der Waals surface area contributed by atoms with Gasteiger partial charge in [-0.2, -0.15) is 0 Å². The zero-order valence-electron chi connectivity index (χ0n) is 14.4. The van der Waals surface area contributed by atoms with E-state index >= 15 is 0 Å². The highest BCUT2D eigenvalue weighted by atomic mass is 16.6. The number of aromatic nitrogens is 1. The highest BCUT2D eigenvalue weighted by Gasteiger charge is 2.19. The average molecular weight is 335 g/mol. The van der Waals surface area contributed by atoms with Crippen LogP contribution in [0, 0.1) is 0 Å². The van der Waals surface area contributed by atoms with Crippen LogP contribution in [-0.4, -0.2) is 43.2 Å². The number of nitrogens with zero attached hydrogens (tertiary/aromatic N) is 3. The smallest absolute Gasteiger partial charge is 0.341 e. The van der Waals surface area contributed by atoms with Crippen LogP contribution in [0.5, 0.6) is 5.88 Å². The minimum atomic E-state index is -0.579. The Balaban J connectivity index is 3.10. The van der Waals surface area contributed by atoms with Gasteiger partial charge in [-0.05, 0) is 32.9 Å². The molecule has 8 heteroatoms. The van der Waals surface area contributed by atoms with Crippen LogP contribution < -0.4 is 4.84 Å². The van der Waals surface area contributed by atoms with Crippen LogP contribution in [0.4, 0.5) is 0 Å². The van der Waals surface area contributed by atoms with Crippen LogP contribution in [0.25, 0.3) is 5.57 Å². The highest BCUT2D eigenvalue weighted by Crippen LogP contribution is 2.25. The second-order valence-corrected chi connectivity index (χ2v) is 4.48. The maximum atomic E-state index is 11.9. The molecule has 130 valence electrons. The number of esters is 1. The molecule has 0 aliphatic rings. The summed E-state index contributed by atoms with van der Waals surface area (Å²) < 4.78 is 9.67. The monoisotopic (exact) mass is 335 g/mol. The Morgan fingerprint density at radius 3 is 2.58 bits per heavy atom. The summed E-state index contributed by atoms with van der Waals surface area (Å²) in [6.07, 6.45) is 2.78. The fourth-order valence-corrected chi connectivity index (χ4v) is 1.52. The molecular formula is C16H21N3O5. The van der Waals surface area contributed by atoms with Crippen LogP contribution >= 0.6 is 0 Å². The number of carbonyl (C=O) groups is 1. The predicted molar refractivity (Wildman–Crippen MR) is 89.7 cm³/mol. The van der Waals surface area contributed by atoms with E-state index in [0.29, 0.717) is 23.6 Å². The summed E-state index contributed by atoms with van der Waals surface area (Å²) in [7, 11) is 2.70. The molecule has 0 amide bonds. The van der Waals surface area contributed by atoms with E-state index in [2.05, 4.69) is 15.3 Å². The molecule has 0 bridgehead atoms. The van der Waals surface area contributed by atoms with E-state index in [1.807, 2.05) is 6.92 Å². The molecule has 1 aromatic rings. The number of ether oxygens (including phenoxy) is 2. The number of methoxy groups -OCH3 is 2. The molecule has 1 rings (SSSR count). The standard InChI is InChI=1S/C16H21N3O5/c1-6-23-18-11(2)12(3)19-24-15-13(8-7-9-17-15)14(10-21-4)16(20)22-5/h7-10H,6H2,1-5H3. The SMILES string of the molecule is CCON=C(C)C(C)=NOc1ncccc1C(=COC)C(=O)OC. The molecule has 0 spiro atoms. The van der Waals surface area contributed by atoms with Crippen molar-refractivity contribution in [1.82, 2.24) is 4.98 Å². The number of oxime groups is 2. The molecule has 0 fully saturated rings. The van der Waals surface area contributed by atoms with Crippen molar-refractivity contribution in [2.45, 2.75) is 20.8 Å². The van der Waals surface area contributed by atoms with Crippen molar-refractivity contribution in [3.63, 3.8) is 0 Å². The van der Waals surface area contributed by atoms with Crippen molar-refractivity contribution in [1.29, 1.82) is 0 Å². The molecule has 0 aliphatic carbocycles. The van der Waals surface area contributed by atoms with E-state index in [0.717, 1.165) is 0 Å². The van der Waals surface area contributed by atoms with E-state index in [-0.39, 0.29) is 11.5 Å². The Kier molecular flexibility index (Phi) is 7.97. The summed E-state index contributed by atoms with van der Waals surface area (Å²) in [4.78, 5) is 26.3. The Bertz CT molecular complexity index is 653. The van der Waals surface area contributed by atoms with Gasteiger partial charge in [0.1, 0.15) is 23.6 Å². The number of rotatable bonds is 8. The predicted octanol–water partition coefficient (Wildman–Crippen LogP) is 2.41. The maximum absolute atomic E-state index is 11.9. The van der Waals surface area contributed by atoms with Gasteiger partial charge < -0.3 is 19.1 Å². The highest BCUT2D eigenvalue weighted by molar-refractivity contribution is 6.40. The first-order chi connectivity index (χ1) is 11.5. The summed E-state index contributed by atoms with van der Waals surface area (Å²) in [5, 5.41) is 7.82. The number of hydrogen-bond acceptors (Lipinski definition) is 8. The van der Waals surface area contributed by atoms with Gasteiger partial charge in [-0.1, -0.05) is 10.3 Å². The Morgan fingerprint density at radius 1 is 1.25 bits per heavy atom. The lowest BCUT2D eigenvalue weighted by molar-refractivity contribution is -0.133. The van der Waals surface area contributed by atoms with Gasteiger partial charge in [-0.15, -0.1) is 0 Å². The zero-order valence-corrected chi connectivity index (χ0v) is 14.4. The Morgan fingerprint density at radius 2 is 1.96 bits per heavy atom. The Hall–Kier alpha value is -2.90. The minimum Gasteiger partial charge on any atom is -0.503 e. The molecule has 0 unspecified atom stereocenters. The molecule has 0 radical (unpaired) electrons. The van der Waals surface area contributed by atoms with Crippen molar-refractivity contribution >= 4 is 23.0 Å². The third-order valence-electron chi connectivity index (χ3n) is 2.83. The molecule has 0 saturated heterocycles.